The van der Waals surface area contributed by atoms with Crippen molar-refractivity contribution in [3.8, 4) is 0 Å². The Hall–Kier alpha value is -0.810. The molecular weight excluding hydrogens is 216 g/mol. The van der Waals surface area contributed by atoms with Gasteiger partial charge in [-0.15, -0.1) is 0 Å². The number of hydrogen-bond donors (Lipinski definition) is 2. The predicted molar refractivity (Wildman–Crippen MR) is 70.7 cm³/mol. The quantitative estimate of drug-likeness (QED) is 0.334. The van der Waals surface area contributed by atoms with E-state index in [1.165, 1.54) is 19.3 Å². The van der Waals surface area contributed by atoms with E-state index in [9.17, 15) is 0 Å². The zero-order valence-corrected chi connectivity index (χ0v) is 11.3. The maximum atomic E-state index is 5.57. The molecule has 0 bridgehead atoms. The molecule has 3 N–H and O–H groups in total. The number of piperidine rings is 1. The van der Waals surface area contributed by atoms with Crippen molar-refractivity contribution in [1.29, 1.82) is 0 Å². The van der Waals surface area contributed by atoms with Crippen LogP contribution >= 0.6 is 0 Å². The molecule has 0 amide bonds. The van der Waals surface area contributed by atoms with Gasteiger partial charge in [0, 0.05) is 20.2 Å². The highest BCUT2D eigenvalue weighted by Crippen LogP contribution is 2.19. The molecule has 17 heavy (non-hydrogen) atoms. The van der Waals surface area contributed by atoms with Gasteiger partial charge in [-0.05, 0) is 25.7 Å². The van der Waals surface area contributed by atoms with Gasteiger partial charge in [0.15, 0.2) is 0 Å². The second-order valence-electron chi connectivity index (χ2n) is 4.76. The molecule has 1 saturated heterocycles. The topological polar surface area (TPSA) is 62.9 Å². The van der Waals surface area contributed by atoms with Gasteiger partial charge in [0.2, 0.25) is 5.96 Å². The average Bonchev–Trinajstić information content (AvgIpc) is 2.36. The highest BCUT2D eigenvalue weighted by atomic mass is 16.5. The molecule has 0 saturated carbocycles. The Bertz CT molecular complexity index is 245. The monoisotopic (exact) mass is 242 g/mol. The minimum atomic E-state index is 0.132. The number of nitrogens with one attached hydrogen (secondary N) is 1. The summed E-state index contributed by atoms with van der Waals surface area (Å²) in [7, 11) is 1.69. The van der Waals surface area contributed by atoms with Crippen LogP contribution in [0.1, 0.15) is 33.1 Å². The Kier molecular flexibility index (Phi) is 6.29. The van der Waals surface area contributed by atoms with Crippen molar-refractivity contribution in [2.24, 2.45) is 16.8 Å². The number of ether oxygens (including phenoxy) is 1. The van der Waals surface area contributed by atoms with Crippen molar-refractivity contribution in [2.45, 2.75) is 39.2 Å². The van der Waals surface area contributed by atoms with E-state index in [0.717, 1.165) is 25.0 Å². The normalized spacial score (nSPS) is 23.6. The Balaban J connectivity index is 2.59. The Morgan fingerprint density at radius 2 is 2.41 bits per heavy atom. The predicted octanol–water partition coefficient (Wildman–Crippen LogP) is 0.963. The van der Waals surface area contributed by atoms with E-state index in [0.29, 0.717) is 6.61 Å². The van der Waals surface area contributed by atoms with E-state index in [2.05, 4.69) is 22.2 Å². The van der Waals surface area contributed by atoms with Crippen molar-refractivity contribution in [1.82, 2.24) is 10.3 Å². The number of hydrazine groups is 1. The van der Waals surface area contributed by atoms with Gasteiger partial charge < -0.3 is 9.64 Å². The Morgan fingerprint density at radius 3 is 3.00 bits per heavy atom. The van der Waals surface area contributed by atoms with Gasteiger partial charge in [0.1, 0.15) is 0 Å². The van der Waals surface area contributed by atoms with Gasteiger partial charge in [0.05, 0.1) is 12.6 Å². The highest BCUT2D eigenvalue weighted by Gasteiger charge is 2.21. The van der Waals surface area contributed by atoms with Crippen molar-refractivity contribution >= 4 is 5.96 Å². The van der Waals surface area contributed by atoms with Crippen LogP contribution in [0.5, 0.6) is 0 Å². The molecule has 1 aliphatic rings. The van der Waals surface area contributed by atoms with E-state index in [4.69, 9.17) is 10.6 Å². The fourth-order valence-corrected chi connectivity index (χ4v) is 2.29. The van der Waals surface area contributed by atoms with Gasteiger partial charge in [-0.1, -0.05) is 13.3 Å². The van der Waals surface area contributed by atoms with Gasteiger partial charge >= 0.3 is 0 Å². The number of rotatable bonds is 4. The van der Waals surface area contributed by atoms with Crippen LogP contribution in [-0.2, 0) is 4.74 Å². The second kappa shape index (κ2) is 7.50. The maximum absolute atomic E-state index is 5.57. The third-order valence-corrected chi connectivity index (χ3v) is 3.28. The number of likely N-dealkylation sites (tertiary alicyclic amines) is 1. The van der Waals surface area contributed by atoms with Gasteiger partial charge in [-0.2, -0.15) is 0 Å². The third-order valence-electron chi connectivity index (χ3n) is 3.28. The third kappa shape index (κ3) is 4.52. The van der Waals surface area contributed by atoms with Crippen molar-refractivity contribution < 1.29 is 4.74 Å². The average molecular weight is 242 g/mol. The van der Waals surface area contributed by atoms with Crippen LogP contribution in [0.15, 0.2) is 4.99 Å². The molecule has 0 radical (unpaired) electrons. The number of aliphatic imine (C=N–C) groups is 1. The summed E-state index contributed by atoms with van der Waals surface area (Å²) < 4.78 is 5.08. The molecule has 0 aromatic heterocycles. The van der Waals surface area contributed by atoms with Crippen LogP contribution in [0.3, 0.4) is 0 Å². The smallest absolute Gasteiger partial charge is 0.208 e. The van der Waals surface area contributed by atoms with Crippen LogP contribution in [0.2, 0.25) is 0 Å². The summed E-state index contributed by atoms with van der Waals surface area (Å²) in [4.78, 5) is 6.81. The summed E-state index contributed by atoms with van der Waals surface area (Å²) >= 11 is 0. The van der Waals surface area contributed by atoms with Crippen LogP contribution in [0, 0.1) is 5.92 Å². The molecule has 0 aromatic carbocycles. The van der Waals surface area contributed by atoms with Gasteiger partial charge in [-0.25, -0.2) is 10.8 Å². The van der Waals surface area contributed by atoms with Crippen LogP contribution in [-0.4, -0.2) is 43.7 Å². The maximum Gasteiger partial charge on any atom is 0.208 e. The molecule has 1 aliphatic heterocycles. The summed E-state index contributed by atoms with van der Waals surface area (Å²) in [5, 5.41) is 0. The van der Waals surface area contributed by atoms with Crippen LogP contribution in [0.25, 0.3) is 0 Å². The molecule has 100 valence electrons. The first kappa shape index (κ1) is 14.3. The molecular formula is C12H26N4O. The number of nitrogens with two attached hydrogens (primary N) is 1. The minimum Gasteiger partial charge on any atom is -0.382 e. The molecule has 5 heteroatoms. The minimum absolute atomic E-state index is 0.132. The van der Waals surface area contributed by atoms with Gasteiger partial charge in [-0.3, -0.25) is 5.43 Å². The molecule has 1 rings (SSSR count). The Labute approximate surface area is 104 Å². The second-order valence-corrected chi connectivity index (χ2v) is 4.76. The summed E-state index contributed by atoms with van der Waals surface area (Å²) in [5.74, 6) is 7.13. The van der Waals surface area contributed by atoms with Crippen LogP contribution in [0.4, 0.5) is 0 Å². The summed E-state index contributed by atoms with van der Waals surface area (Å²) in [6, 6.07) is 0.132. The molecule has 1 heterocycles. The summed E-state index contributed by atoms with van der Waals surface area (Å²) in [6.45, 7) is 6.99. The lowest BCUT2D eigenvalue weighted by atomic mass is 9.96. The van der Waals surface area contributed by atoms with E-state index in [1.807, 2.05) is 6.92 Å². The first-order chi connectivity index (χ1) is 8.21. The lowest BCUT2D eigenvalue weighted by Gasteiger charge is -2.34. The SMILES string of the molecule is CCC1CCCN(C(=NC(C)COC)NN)C1. The van der Waals surface area contributed by atoms with E-state index in [-0.39, 0.29) is 6.04 Å². The molecule has 0 aliphatic carbocycles. The number of hydrogen-bond acceptors (Lipinski definition) is 3. The van der Waals surface area contributed by atoms with Crippen LogP contribution < -0.4 is 11.3 Å². The lowest BCUT2D eigenvalue weighted by molar-refractivity contribution is 0.184. The van der Waals surface area contributed by atoms with E-state index in [1.54, 1.807) is 7.11 Å². The van der Waals surface area contributed by atoms with Gasteiger partial charge in [0.25, 0.3) is 0 Å². The number of methoxy groups -OCH3 is 1. The first-order valence-corrected chi connectivity index (χ1v) is 6.49. The van der Waals surface area contributed by atoms with E-state index < -0.39 is 0 Å². The van der Waals surface area contributed by atoms with Crippen molar-refractivity contribution in [3.63, 3.8) is 0 Å². The molecule has 5 nitrogen and oxygen atoms in total. The van der Waals surface area contributed by atoms with Crippen molar-refractivity contribution in [3.05, 3.63) is 0 Å². The molecule has 0 aromatic rings. The molecule has 1 fully saturated rings. The number of guanidine groups is 1. The Morgan fingerprint density at radius 1 is 1.65 bits per heavy atom. The first-order valence-electron chi connectivity index (χ1n) is 6.49. The number of nitrogens with zero attached hydrogens (tertiary/aromatic N) is 2. The fraction of sp³-hybridized carbons (Fsp3) is 0.917. The summed E-state index contributed by atoms with van der Waals surface area (Å²) in [5.41, 5.74) is 2.73. The largest absolute Gasteiger partial charge is 0.382 e. The standard InChI is InChI=1S/C12H26N4O/c1-4-11-6-5-7-16(8-11)12(15-13)14-10(2)9-17-3/h10-11H,4-9,13H2,1-3H3,(H,14,15). The summed E-state index contributed by atoms with van der Waals surface area (Å²) in [6.07, 6.45) is 3.76. The zero-order valence-electron chi connectivity index (χ0n) is 11.3. The molecule has 2 atom stereocenters. The molecule has 0 spiro atoms. The lowest BCUT2D eigenvalue weighted by Crippen LogP contribution is -2.49. The zero-order chi connectivity index (χ0) is 12.7. The fourth-order valence-electron chi connectivity index (χ4n) is 2.29. The highest BCUT2D eigenvalue weighted by molar-refractivity contribution is 5.79. The molecule has 2 unspecified atom stereocenters. The van der Waals surface area contributed by atoms with Crippen molar-refractivity contribution in [2.75, 3.05) is 26.8 Å². The van der Waals surface area contributed by atoms with E-state index >= 15 is 0 Å².